The van der Waals surface area contributed by atoms with E-state index in [-0.39, 0.29) is 11.5 Å². The Hall–Kier alpha value is -0.260. The van der Waals surface area contributed by atoms with Crippen LogP contribution < -0.4 is 0 Å². The van der Waals surface area contributed by atoms with Crippen molar-refractivity contribution in [3.63, 3.8) is 0 Å². The summed E-state index contributed by atoms with van der Waals surface area (Å²) in [6, 6.07) is 0. The van der Waals surface area contributed by atoms with E-state index >= 15 is 0 Å². The molecule has 1 saturated heterocycles. The molecule has 0 bridgehead atoms. The third kappa shape index (κ3) is 10.5. The SMILES string of the molecule is O=S(=O)(O)CCCCN1CCN(CCCCS(=O)(=O)O)CC1. The molecule has 0 radical (unpaired) electrons. The van der Waals surface area contributed by atoms with Crippen LogP contribution in [0, 0.1) is 0 Å². The third-order valence-electron chi connectivity index (χ3n) is 3.72. The number of piperazine rings is 1. The molecule has 1 heterocycles. The van der Waals surface area contributed by atoms with Crippen LogP contribution in [-0.4, -0.2) is 86.5 Å². The molecule has 0 aromatic rings. The molecule has 132 valence electrons. The van der Waals surface area contributed by atoms with Crippen molar-refractivity contribution in [3.05, 3.63) is 0 Å². The van der Waals surface area contributed by atoms with Crippen LogP contribution in [-0.2, 0) is 20.2 Å². The molecule has 8 nitrogen and oxygen atoms in total. The lowest BCUT2D eigenvalue weighted by molar-refractivity contribution is 0.130. The molecule has 0 aromatic carbocycles. The molecule has 10 heteroatoms. The maximum absolute atomic E-state index is 10.6. The first-order valence-corrected chi connectivity index (χ1v) is 10.7. The Morgan fingerprint density at radius 3 is 1.23 bits per heavy atom. The second-order valence-electron chi connectivity index (χ2n) is 5.67. The van der Waals surface area contributed by atoms with Gasteiger partial charge in [-0.05, 0) is 38.8 Å². The van der Waals surface area contributed by atoms with Crippen LogP contribution in [0.2, 0.25) is 0 Å². The van der Waals surface area contributed by atoms with E-state index in [0.717, 1.165) is 52.1 Å². The van der Waals surface area contributed by atoms with Crippen molar-refractivity contribution < 1.29 is 25.9 Å². The van der Waals surface area contributed by atoms with Crippen LogP contribution in [0.3, 0.4) is 0 Å². The predicted octanol–water partition coefficient (Wildman–Crippen LogP) is -0.0600. The molecule has 2 N–H and O–H groups in total. The summed E-state index contributed by atoms with van der Waals surface area (Å²) in [5.41, 5.74) is 0. The molecule has 1 aliphatic rings. The lowest BCUT2D eigenvalue weighted by atomic mass is 10.2. The minimum Gasteiger partial charge on any atom is -0.301 e. The van der Waals surface area contributed by atoms with E-state index in [2.05, 4.69) is 9.80 Å². The van der Waals surface area contributed by atoms with E-state index in [9.17, 15) is 16.8 Å². The van der Waals surface area contributed by atoms with Gasteiger partial charge in [-0.3, -0.25) is 9.11 Å². The van der Waals surface area contributed by atoms with E-state index in [4.69, 9.17) is 9.11 Å². The second kappa shape index (κ2) is 9.14. The van der Waals surface area contributed by atoms with Gasteiger partial charge in [0.2, 0.25) is 0 Å². The number of hydrogen-bond donors (Lipinski definition) is 2. The van der Waals surface area contributed by atoms with E-state index in [1.165, 1.54) is 0 Å². The monoisotopic (exact) mass is 358 g/mol. The normalized spacial score (nSPS) is 18.6. The smallest absolute Gasteiger partial charge is 0.264 e. The minimum atomic E-state index is -3.85. The molecule has 0 aliphatic carbocycles. The Bertz CT molecular complexity index is 464. The van der Waals surface area contributed by atoms with E-state index in [0.29, 0.717) is 12.8 Å². The molecule has 0 aromatic heterocycles. The van der Waals surface area contributed by atoms with Gasteiger partial charge in [0.1, 0.15) is 0 Å². The first-order chi connectivity index (χ1) is 10.2. The fourth-order valence-electron chi connectivity index (χ4n) is 2.48. The zero-order chi connectivity index (χ0) is 16.6. The van der Waals surface area contributed by atoms with Crippen molar-refractivity contribution in [1.82, 2.24) is 9.80 Å². The summed E-state index contributed by atoms with van der Waals surface area (Å²) >= 11 is 0. The average Bonchev–Trinajstić information content (AvgIpc) is 2.39. The van der Waals surface area contributed by atoms with Gasteiger partial charge in [-0.2, -0.15) is 16.8 Å². The zero-order valence-electron chi connectivity index (χ0n) is 12.7. The van der Waals surface area contributed by atoms with Gasteiger partial charge >= 0.3 is 0 Å². The fraction of sp³-hybridized carbons (Fsp3) is 1.00. The van der Waals surface area contributed by atoms with Gasteiger partial charge in [0.15, 0.2) is 0 Å². The molecule has 22 heavy (non-hydrogen) atoms. The van der Waals surface area contributed by atoms with Crippen LogP contribution >= 0.6 is 0 Å². The Labute approximate surface area is 133 Å². The predicted molar refractivity (Wildman–Crippen MR) is 84.2 cm³/mol. The highest BCUT2D eigenvalue weighted by Crippen LogP contribution is 2.06. The molecule has 0 saturated carbocycles. The molecular formula is C12H26N2O6S2. The highest BCUT2D eigenvalue weighted by Gasteiger charge is 2.16. The summed E-state index contributed by atoms with van der Waals surface area (Å²) in [5.74, 6) is -0.360. The molecular weight excluding hydrogens is 332 g/mol. The lowest BCUT2D eigenvalue weighted by Crippen LogP contribution is -2.46. The molecule has 0 unspecified atom stereocenters. The third-order valence-corrected chi connectivity index (χ3v) is 5.33. The number of nitrogens with zero attached hydrogens (tertiary/aromatic N) is 2. The quantitative estimate of drug-likeness (QED) is 0.412. The molecule has 1 fully saturated rings. The van der Waals surface area contributed by atoms with E-state index < -0.39 is 20.2 Å². The highest BCUT2D eigenvalue weighted by molar-refractivity contribution is 7.86. The summed E-state index contributed by atoms with van der Waals surface area (Å²) in [6.45, 7) is 5.28. The summed E-state index contributed by atoms with van der Waals surface area (Å²) in [5, 5.41) is 0. The van der Waals surface area contributed by atoms with Crippen molar-refractivity contribution >= 4 is 20.2 Å². The van der Waals surface area contributed by atoms with Crippen LogP contribution in [0.1, 0.15) is 25.7 Å². The van der Waals surface area contributed by atoms with Gasteiger partial charge in [-0.1, -0.05) is 0 Å². The van der Waals surface area contributed by atoms with Gasteiger partial charge < -0.3 is 9.80 Å². The van der Waals surface area contributed by atoms with Crippen molar-refractivity contribution in [2.24, 2.45) is 0 Å². The van der Waals surface area contributed by atoms with Gasteiger partial charge in [0.25, 0.3) is 20.2 Å². The summed E-state index contributed by atoms with van der Waals surface area (Å²) in [6.07, 6.45) is 2.42. The molecule has 1 rings (SSSR count). The molecule has 0 spiro atoms. The largest absolute Gasteiger partial charge is 0.301 e. The Balaban J connectivity index is 2.06. The van der Waals surface area contributed by atoms with E-state index in [1.54, 1.807) is 0 Å². The maximum Gasteiger partial charge on any atom is 0.264 e. The van der Waals surface area contributed by atoms with Crippen LogP contribution in [0.25, 0.3) is 0 Å². The van der Waals surface area contributed by atoms with Gasteiger partial charge in [0.05, 0.1) is 11.5 Å². The van der Waals surface area contributed by atoms with Crippen molar-refractivity contribution in [2.75, 3.05) is 50.8 Å². The molecule has 0 atom stereocenters. The average molecular weight is 358 g/mol. The van der Waals surface area contributed by atoms with Gasteiger partial charge in [0, 0.05) is 26.2 Å². The topological polar surface area (TPSA) is 115 Å². The standard InChI is InChI=1S/C12H26N2O6S2/c15-21(16,17)11-3-1-5-13-7-9-14(10-8-13)6-2-4-12-22(18,19)20/h1-12H2,(H,15,16,17)(H,18,19,20). The summed E-state index contributed by atoms with van der Waals surface area (Å²) in [7, 11) is -7.69. The highest BCUT2D eigenvalue weighted by atomic mass is 32.2. The molecule has 0 amide bonds. The van der Waals surface area contributed by atoms with Crippen LogP contribution in [0.5, 0.6) is 0 Å². The summed E-state index contributed by atoms with van der Waals surface area (Å²) in [4.78, 5) is 4.53. The van der Waals surface area contributed by atoms with Crippen molar-refractivity contribution in [1.29, 1.82) is 0 Å². The Kier molecular flexibility index (Phi) is 8.22. The van der Waals surface area contributed by atoms with Crippen LogP contribution in [0.4, 0.5) is 0 Å². The van der Waals surface area contributed by atoms with E-state index in [1.807, 2.05) is 0 Å². The minimum absolute atomic E-state index is 0.180. The lowest BCUT2D eigenvalue weighted by Gasteiger charge is -2.34. The first kappa shape index (κ1) is 19.8. The number of unbranched alkanes of at least 4 members (excludes halogenated alkanes) is 2. The van der Waals surface area contributed by atoms with Crippen molar-refractivity contribution in [3.8, 4) is 0 Å². The summed E-state index contributed by atoms with van der Waals surface area (Å²) < 4.78 is 59.7. The Morgan fingerprint density at radius 1 is 0.636 bits per heavy atom. The maximum atomic E-state index is 10.6. The fourth-order valence-corrected chi connectivity index (χ4v) is 3.61. The number of hydrogen-bond acceptors (Lipinski definition) is 6. The second-order valence-corrected chi connectivity index (χ2v) is 8.81. The first-order valence-electron chi connectivity index (χ1n) is 7.51. The van der Waals surface area contributed by atoms with Crippen molar-refractivity contribution in [2.45, 2.75) is 25.7 Å². The zero-order valence-corrected chi connectivity index (χ0v) is 14.4. The van der Waals surface area contributed by atoms with Gasteiger partial charge in [-0.15, -0.1) is 0 Å². The Morgan fingerprint density at radius 2 is 0.955 bits per heavy atom. The van der Waals surface area contributed by atoms with Gasteiger partial charge in [-0.25, -0.2) is 0 Å². The molecule has 1 aliphatic heterocycles. The van der Waals surface area contributed by atoms with Crippen LogP contribution in [0.15, 0.2) is 0 Å². The number of rotatable bonds is 10.